The van der Waals surface area contributed by atoms with Crippen LogP contribution in [-0.2, 0) is 16.0 Å². The Balaban J connectivity index is 2.02. The van der Waals surface area contributed by atoms with Crippen LogP contribution in [0.25, 0.3) is 12.2 Å². The maximum absolute atomic E-state index is 10.9. The highest BCUT2D eigenvalue weighted by Gasteiger charge is 2.01. The molecule has 0 aromatic carbocycles. The monoisotopic (exact) mass is 282 g/mol. The van der Waals surface area contributed by atoms with E-state index in [0.717, 1.165) is 29.2 Å². The predicted octanol–water partition coefficient (Wildman–Crippen LogP) is 3.14. The molecule has 2 aromatic rings. The summed E-state index contributed by atoms with van der Waals surface area (Å²) in [6.45, 7) is 3.05. The van der Waals surface area contributed by atoms with Crippen LogP contribution in [0.4, 0.5) is 0 Å². The van der Waals surface area contributed by atoms with Gasteiger partial charge in [-0.2, -0.15) is 0 Å². The van der Waals surface area contributed by atoms with Crippen LogP contribution in [0, 0.1) is 0 Å². The Labute approximate surface area is 123 Å². The lowest BCUT2D eigenvalue weighted by Gasteiger charge is -1.95. The van der Waals surface area contributed by atoms with Crippen molar-refractivity contribution in [3.63, 3.8) is 0 Å². The van der Waals surface area contributed by atoms with Crippen molar-refractivity contribution in [1.29, 1.82) is 0 Å². The van der Waals surface area contributed by atoms with Gasteiger partial charge in [-0.05, 0) is 62.4 Å². The second-order valence-electron chi connectivity index (χ2n) is 4.94. The molecule has 0 aliphatic carbocycles. The van der Waals surface area contributed by atoms with Gasteiger partial charge in [-0.3, -0.25) is 9.59 Å². The molecule has 21 heavy (non-hydrogen) atoms. The average molecular weight is 282 g/mol. The highest BCUT2D eigenvalue weighted by atomic mass is 16.1. The number of carbonyl (C=O) groups is 2. The van der Waals surface area contributed by atoms with Gasteiger partial charge in [-0.25, -0.2) is 0 Å². The Morgan fingerprint density at radius 1 is 0.857 bits per heavy atom. The standard InChI is InChI=1S/C17H18N2O2/c1-12(20)3-5-14-7-9-16(18-14)11-17-10-8-15(19-17)6-4-13(2)21/h3-10,18-19H,11H2,1-2H3. The molecule has 4 heteroatoms. The molecule has 0 saturated heterocycles. The van der Waals surface area contributed by atoms with Gasteiger partial charge in [0, 0.05) is 29.2 Å². The van der Waals surface area contributed by atoms with Crippen LogP contribution in [0.1, 0.15) is 36.6 Å². The maximum atomic E-state index is 10.9. The normalized spacial score (nSPS) is 11.5. The van der Waals surface area contributed by atoms with Crippen molar-refractivity contribution in [3.05, 3.63) is 59.2 Å². The minimum absolute atomic E-state index is 0.0254. The van der Waals surface area contributed by atoms with Crippen LogP contribution in [0.3, 0.4) is 0 Å². The van der Waals surface area contributed by atoms with E-state index in [2.05, 4.69) is 9.97 Å². The number of aromatic amines is 2. The summed E-state index contributed by atoms with van der Waals surface area (Å²) in [6, 6.07) is 7.86. The summed E-state index contributed by atoms with van der Waals surface area (Å²) in [5, 5.41) is 0. The number of carbonyl (C=O) groups excluding carboxylic acids is 2. The molecule has 2 aromatic heterocycles. The van der Waals surface area contributed by atoms with Crippen LogP contribution in [0.5, 0.6) is 0 Å². The fourth-order valence-corrected chi connectivity index (χ4v) is 1.94. The number of nitrogens with one attached hydrogen (secondary N) is 2. The largest absolute Gasteiger partial charge is 0.359 e. The topological polar surface area (TPSA) is 65.7 Å². The number of H-pyrrole nitrogens is 2. The van der Waals surface area contributed by atoms with E-state index in [0.29, 0.717) is 0 Å². The van der Waals surface area contributed by atoms with Crippen molar-refractivity contribution in [2.75, 3.05) is 0 Å². The zero-order chi connectivity index (χ0) is 15.2. The van der Waals surface area contributed by atoms with E-state index in [-0.39, 0.29) is 11.6 Å². The second-order valence-corrected chi connectivity index (χ2v) is 4.94. The van der Waals surface area contributed by atoms with Gasteiger partial charge in [0.2, 0.25) is 0 Å². The summed E-state index contributed by atoms with van der Waals surface area (Å²) in [5.41, 5.74) is 3.93. The molecule has 0 atom stereocenters. The fourth-order valence-electron chi connectivity index (χ4n) is 1.94. The summed E-state index contributed by atoms with van der Waals surface area (Å²) in [6.07, 6.45) is 7.34. The number of hydrogen-bond donors (Lipinski definition) is 2. The number of ketones is 2. The maximum Gasteiger partial charge on any atom is 0.152 e. The molecule has 0 spiro atoms. The van der Waals surface area contributed by atoms with Gasteiger partial charge in [0.25, 0.3) is 0 Å². The number of hydrogen-bond acceptors (Lipinski definition) is 2. The summed E-state index contributed by atoms with van der Waals surface area (Å²) < 4.78 is 0. The first kappa shape index (κ1) is 14.8. The van der Waals surface area contributed by atoms with Gasteiger partial charge in [-0.1, -0.05) is 0 Å². The van der Waals surface area contributed by atoms with E-state index < -0.39 is 0 Å². The Morgan fingerprint density at radius 2 is 1.29 bits per heavy atom. The van der Waals surface area contributed by atoms with E-state index in [4.69, 9.17) is 0 Å². The minimum atomic E-state index is 0.0254. The summed E-state index contributed by atoms with van der Waals surface area (Å²) in [7, 11) is 0. The predicted molar refractivity (Wildman–Crippen MR) is 83.8 cm³/mol. The average Bonchev–Trinajstić information content (AvgIpc) is 3.04. The molecule has 0 fully saturated rings. The molecule has 0 unspecified atom stereocenters. The molecular formula is C17H18N2O2. The van der Waals surface area contributed by atoms with Crippen molar-refractivity contribution in [1.82, 2.24) is 9.97 Å². The molecular weight excluding hydrogens is 264 g/mol. The smallest absolute Gasteiger partial charge is 0.152 e. The zero-order valence-electron chi connectivity index (χ0n) is 12.1. The molecule has 108 valence electrons. The van der Waals surface area contributed by atoms with Gasteiger partial charge in [0.05, 0.1) is 0 Å². The molecule has 0 bridgehead atoms. The summed E-state index contributed by atoms with van der Waals surface area (Å²) >= 11 is 0. The van der Waals surface area contributed by atoms with Gasteiger partial charge < -0.3 is 9.97 Å². The molecule has 2 N–H and O–H groups in total. The summed E-state index contributed by atoms with van der Waals surface area (Å²) in [4.78, 5) is 28.3. The van der Waals surface area contributed by atoms with E-state index in [1.54, 1.807) is 12.2 Å². The SMILES string of the molecule is CC(=O)C=Cc1ccc(Cc2ccc(C=CC(C)=O)[nH]2)[nH]1. The molecule has 2 rings (SSSR count). The minimum Gasteiger partial charge on any atom is -0.359 e. The lowest BCUT2D eigenvalue weighted by atomic mass is 10.2. The second kappa shape index (κ2) is 6.70. The zero-order valence-corrected chi connectivity index (χ0v) is 12.1. The first-order chi connectivity index (χ1) is 10.0. The lowest BCUT2D eigenvalue weighted by Crippen LogP contribution is -1.89. The third-order valence-electron chi connectivity index (χ3n) is 2.91. The van der Waals surface area contributed by atoms with Crippen molar-refractivity contribution in [2.45, 2.75) is 20.3 Å². The van der Waals surface area contributed by atoms with E-state index in [1.165, 1.54) is 26.0 Å². The highest BCUT2D eigenvalue weighted by molar-refractivity contribution is 5.91. The first-order valence-electron chi connectivity index (χ1n) is 6.76. The Hall–Kier alpha value is -2.62. The molecule has 4 nitrogen and oxygen atoms in total. The van der Waals surface area contributed by atoms with Crippen LogP contribution in [0.2, 0.25) is 0 Å². The fraction of sp³-hybridized carbons (Fsp3) is 0.176. The molecule has 0 amide bonds. The van der Waals surface area contributed by atoms with Crippen molar-refractivity contribution >= 4 is 23.7 Å². The number of rotatable bonds is 6. The lowest BCUT2D eigenvalue weighted by molar-refractivity contribution is -0.113. The number of aromatic nitrogens is 2. The van der Waals surface area contributed by atoms with E-state index in [1.807, 2.05) is 24.3 Å². The van der Waals surface area contributed by atoms with E-state index >= 15 is 0 Å². The third kappa shape index (κ3) is 4.76. The van der Waals surface area contributed by atoms with Gasteiger partial charge in [0.15, 0.2) is 11.6 Å². The van der Waals surface area contributed by atoms with Crippen LogP contribution < -0.4 is 0 Å². The Kier molecular flexibility index (Phi) is 4.72. The molecule has 0 radical (unpaired) electrons. The van der Waals surface area contributed by atoms with Gasteiger partial charge in [-0.15, -0.1) is 0 Å². The Bertz CT molecular complexity index is 642. The van der Waals surface area contributed by atoms with Gasteiger partial charge >= 0.3 is 0 Å². The number of allylic oxidation sites excluding steroid dienone is 2. The molecule has 0 aliphatic rings. The van der Waals surface area contributed by atoms with Gasteiger partial charge in [0.1, 0.15) is 0 Å². The molecule has 0 aliphatic heterocycles. The highest BCUT2D eigenvalue weighted by Crippen LogP contribution is 2.11. The Morgan fingerprint density at radius 3 is 1.67 bits per heavy atom. The van der Waals surface area contributed by atoms with Crippen LogP contribution in [0.15, 0.2) is 36.4 Å². The van der Waals surface area contributed by atoms with Crippen LogP contribution in [-0.4, -0.2) is 21.5 Å². The molecule has 2 heterocycles. The van der Waals surface area contributed by atoms with Crippen molar-refractivity contribution in [2.24, 2.45) is 0 Å². The van der Waals surface area contributed by atoms with E-state index in [9.17, 15) is 9.59 Å². The molecule has 0 saturated carbocycles. The first-order valence-corrected chi connectivity index (χ1v) is 6.76. The third-order valence-corrected chi connectivity index (χ3v) is 2.91. The van der Waals surface area contributed by atoms with Crippen LogP contribution >= 0.6 is 0 Å². The summed E-state index contributed by atoms with van der Waals surface area (Å²) in [5.74, 6) is 0.0508. The quantitative estimate of drug-likeness (QED) is 0.799. The van der Waals surface area contributed by atoms with Crippen molar-refractivity contribution in [3.8, 4) is 0 Å². The van der Waals surface area contributed by atoms with Crippen molar-refractivity contribution < 1.29 is 9.59 Å².